The Kier molecular flexibility index (Phi) is 5.92. The molecule has 2 aromatic heterocycles. The van der Waals surface area contributed by atoms with E-state index in [4.69, 9.17) is 9.15 Å². The van der Waals surface area contributed by atoms with Gasteiger partial charge in [0.15, 0.2) is 6.61 Å². The summed E-state index contributed by atoms with van der Waals surface area (Å²) in [5, 5.41) is 3.99. The first-order valence-electron chi connectivity index (χ1n) is 9.00. The highest BCUT2D eigenvalue weighted by Crippen LogP contribution is 2.16. The van der Waals surface area contributed by atoms with Crippen molar-refractivity contribution in [3.63, 3.8) is 0 Å². The third-order valence-electron chi connectivity index (χ3n) is 4.46. The summed E-state index contributed by atoms with van der Waals surface area (Å²) in [6, 6.07) is 10.6. The Morgan fingerprint density at radius 1 is 1.24 bits per heavy atom. The van der Waals surface area contributed by atoms with E-state index < -0.39 is 24.9 Å². The molecular weight excluding hydrogens is 374 g/mol. The van der Waals surface area contributed by atoms with Gasteiger partial charge in [0.1, 0.15) is 6.54 Å². The Morgan fingerprint density at radius 3 is 2.66 bits per heavy atom. The predicted octanol–water partition coefficient (Wildman–Crippen LogP) is 2.53. The van der Waals surface area contributed by atoms with Crippen LogP contribution in [0.3, 0.4) is 0 Å². The highest BCUT2D eigenvalue weighted by molar-refractivity contribution is 5.99. The monoisotopic (exact) mass is 395 g/mol. The lowest BCUT2D eigenvalue weighted by atomic mass is 10.1. The summed E-state index contributed by atoms with van der Waals surface area (Å²) >= 11 is 0. The van der Waals surface area contributed by atoms with E-state index in [2.05, 4.69) is 11.7 Å². The molecular formula is C21H21N3O5. The summed E-state index contributed by atoms with van der Waals surface area (Å²) in [6.07, 6.45) is 1.74. The van der Waals surface area contributed by atoms with Crippen LogP contribution in [0.15, 0.2) is 58.3 Å². The number of aryl methyl sites for hydroxylation is 1. The van der Waals surface area contributed by atoms with E-state index >= 15 is 0 Å². The average molecular weight is 395 g/mol. The molecule has 0 fully saturated rings. The van der Waals surface area contributed by atoms with Crippen molar-refractivity contribution in [2.75, 3.05) is 6.61 Å². The summed E-state index contributed by atoms with van der Waals surface area (Å²) < 4.78 is 12.9. The molecule has 0 unspecified atom stereocenters. The van der Waals surface area contributed by atoms with Crippen molar-refractivity contribution in [2.45, 2.75) is 26.9 Å². The smallest absolute Gasteiger partial charge is 0.437 e. The molecule has 150 valence electrons. The van der Waals surface area contributed by atoms with Gasteiger partial charge in [-0.2, -0.15) is 4.68 Å². The van der Waals surface area contributed by atoms with Gasteiger partial charge in [-0.05, 0) is 32.0 Å². The molecule has 0 saturated heterocycles. The SMILES string of the molecule is C=CCn1c(C)cc(C(=O)COC(=O)Cn2nc(-c3ccccc3)oc2=O)c1C. The van der Waals surface area contributed by atoms with Gasteiger partial charge in [-0.15, -0.1) is 11.7 Å². The third-order valence-corrected chi connectivity index (χ3v) is 4.46. The number of hydrogen-bond donors (Lipinski definition) is 0. The van der Waals surface area contributed by atoms with Crippen LogP contribution in [0.1, 0.15) is 21.7 Å². The van der Waals surface area contributed by atoms with E-state index in [-0.39, 0.29) is 11.7 Å². The molecule has 0 radical (unpaired) electrons. The second-order valence-corrected chi connectivity index (χ2v) is 6.46. The number of nitrogens with zero attached hydrogens (tertiary/aromatic N) is 3. The van der Waals surface area contributed by atoms with Gasteiger partial charge < -0.3 is 13.7 Å². The van der Waals surface area contributed by atoms with Gasteiger partial charge in [-0.25, -0.2) is 4.79 Å². The number of hydrogen-bond acceptors (Lipinski definition) is 6. The fourth-order valence-corrected chi connectivity index (χ4v) is 2.99. The van der Waals surface area contributed by atoms with Crippen LogP contribution >= 0.6 is 0 Å². The molecule has 0 amide bonds. The van der Waals surface area contributed by atoms with Crippen LogP contribution in [0.5, 0.6) is 0 Å². The number of esters is 1. The summed E-state index contributed by atoms with van der Waals surface area (Å²) in [4.78, 5) is 36.4. The zero-order valence-corrected chi connectivity index (χ0v) is 16.3. The fraction of sp³-hybridized carbons (Fsp3) is 0.238. The summed E-state index contributed by atoms with van der Waals surface area (Å²) in [6.45, 7) is 7.14. The first-order valence-corrected chi connectivity index (χ1v) is 9.00. The predicted molar refractivity (Wildman–Crippen MR) is 106 cm³/mol. The van der Waals surface area contributed by atoms with Crippen LogP contribution < -0.4 is 5.76 Å². The molecule has 3 rings (SSSR count). The summed E-state index contributed by atoms with van der Waals surface area (Å²) in [7, 11) is 0. The number of allylic oxidation sites excluding steroid dienone is 1. The Hall–Kier alpha value is -3.68. The van der Waals surface area contributed by atoms with Crippen LogP contribution in [0, 0.1) is 13.8 Å². The molecule has 0 spiro atoms. The van der Waals surface area contributed by atoms with Gasteiger partial charge in [0, 0.05) is 29.1 Å². The van der Waals surface area contributed by atoms with E-state index in [1.54, 1.807) is 36.4 Å². The maximum Gasteiger partial charge on any atom is 0.437 e. The molecule has 1 aromatic carbocycles. The molecule has 3 aromatic rings. The van der Waals surface area contributed by atoms with Gasteiger partial charge in [0.2, 0.25) is 11.7 Å². The van der Waals surface area contributed by atoms with Gasteiger partial charge in [0.25, 0.3) is 0 Å². The van der Waals surface area contributed by atoms with E-state index in [1.807, 2.05) is 24.5 Å². The fourth-order valence-electron chi connectivity index (χ4n) is 2.99. The molecule has 8 heteroatoms. The zero-order valence-electron chi connectivity index (χ0n) is 16.3. The molecule has 0 aliphatic carbocycles. The van der Waals surface area contributed by atoms with Crippen molar-refractivity contribution in [3.8, 4) is 11.5 Å². The number of benzene rings is 1. The molecule has 0 atom stereocenters. The minimum absolute atomic E-state index is 0.106. The Balaban J connectivity index is 1.63. The molecule has 8 nitrogen and oxygen atoms in total. The molecule has 2 heterocycles. The van der Waals surface area contributed by atoms with Crippen molar-refractivity contribution < 1.29 is 18.7 Å². The third kappa shape index (κ3) is 4.43. The second-order valence-electron chi connectivity index (χ2n) is 6.46. The second kappa shape index (κ2) is 8.55. The lowest BCUT2D eigenvalue weighted by Gasteiger charge is -2.06. The molecule has 0 N–H and O–H groups in total. The molecule has 0 saturated carbocycles. The molecule has 0 aliphatic rings. The molecule has 0 bridgehead atoms. The van der Waals surface area contributed by atoms with E-state index in [0.29, 0.717) is 17.7 Å². The van der Waals surface area contributed by atoms with Gasteiger partial charge in [-0.3, -0.25) is 9.59 Å². The van der Waals surface area contributed by atoms with Gasteiger partial charge in [-0.1, -0.05) is 24.3 Å². The van der Waals surface area contributed by atoms with Crippen molar-refractivity contribution in [1.82, 2.24) is 14.3 Å². The van der Waals surface area contributed by atoms with E-state index in [1.165, 1.54) is 0 Å². The van der Waals surface area contributed by atoms with Gasteiger partial charge in [0.05, 0.1) is 0 Å². The Labute approximate surface area is 167 Å². The number of rotatable bonds is 8. The van der Waals surface area contributed by atoms with E-state index in [9.17, 15) is 14.4 Å². The van der Waals surface area contributed by atoms with Crippen molar-refractivity contribution in [3.05, 3.63) is 76.6 Å². The van der Waals surface area contributed by atoms with Crippen molar-refractivity contribution in [2.24, 2.45) is 0 Å². The van der Waals surface area contributed by atoms with E-state index in [0.717, 1.165) is 16.1 Å². The quantitative estimate of drug-likeness (QED) is 0.330. The lowest BCUT2D eigenvalue weighted by Crippen LogP contribution is -2.24. The maximum absolute atomic E-state index is 12.4. The Morgan fingerprint density at radius 2 is 1.97 bits per heavy atom. The number of ketones is 1. The van der Waals surface area contributed by atoms with Crippen LogP contribution in [0.25, 0.3) is 11.5 Å². The van der Waals surface area contributed by atoms with Crippen LogP contribution in [0.2, 0.25) is 0 Å². The lowest BCUT2D eigenvalue weighted by molar-refractivity contribution is -0.143. The standard InChI is InChI=1S/C21H21N3O5/c1-4-10-23-14(2)11-17(15(23)3)18(25)13-28-19(26)12-24-21(27)29-20(22-24)16-8-6-5-7-9-16/h4-9,11H,1,10,12-13H2,2-3H3. The maximum atomic E-state index is 12.4. The first kappa shape index (κ1) is 20.1. The first-order chi connectivity index (χ1) is 13.9. The topological polar surface area (TPSA) is 96.3 Å². The zero-order chi connectivity index (χ0) is 21.0. The summed E-state index contributed by atoms with van der Waals surface area (Å²) in [5.74, 6) is -1.75. The average Bonchev–Trinajstić information content (AvgIpc) is 3.21. The largest absolute Gasteiger partial charge is 0.456 e. The van der Waals surface area contributed by atoms with Crippen molar-refractivity contribution in [1.29, 1.82) is 0 Å². The van der Waals surface area contributed by atoms with Crippen molar-refractivity contribution >= 4 is 11.8 Å². The molecule has 0 aliphatic heterocycles. The summed E-state index contributed by atoms with van der Waals surface area (Å²) in [5.41, 5.74) is 2.80. The number of aromatic nitrogens is 3. The van der Waals surface area contributed by atoms with Crippen LogP contribution in [-0.2, 0) is 22.6 Å². The normalized spacial score (nSPS) is 10.7. The van der Waals surface area contributed by atoms with Gasteiger partial charge >= 0.3 is 11.7 Å². The van der Waals surface area contributed by atoms with Crippen LogP contribution in [0.4, 0.5) is 0 Å². The molecule has 29 heavy (non-hydrogen) atoms. The minimum atomic E-state index is -0.778. The highest BCUT2D eigenvalue weighted by Gasteiger charge is 2.18. The number of carbonyl (C=O) groups excluding carboxylic acids is 2. The Bertz CT molecular complexity index is 1110. The highest BCUT2D eigenvalue weighted by atomic mass is 16.5. The van der Waals surface area contributed by atoms with Crippen LogP contribution in [-0.4, -0.2) is 32.7 Å². The number of Topliss-reactive ketones (excluding diaryl/α,β-unsaturated/α-hetero) is 1. The number of ether oxygens (including phenoxy) is 1. The number of carbonyl (C=O) groups is 2. The minimum Gasteiger partial charge on any atom is -0.456 e.